The fraction of sp³-hybridized carbons (Fsp3) is 0.308. The van der Waals surface area contributed by atoms with Gasteiger partial charge in [-0.1, -0.05) is 23.2 Å². The van der Waals surface area contributed by atoms with Gasteiger partial charge in [0.05, 0.1) is 16.0 Å². The number of halogens is 2. The molecule has 19 heavy (non-hydrogen) atoms. The minimum atomic E-state index is -0.629. The summed E-state index contributed by atoms with van der Waals surface area (Å²) in [5.74, 6) is 4.98. The number of fused-ring (bicyclic) bond motifs is 1. The van der Waals surface area contributed by atoms with Gasteiger partial charge in [-0.2, -0.15) is 0 Å². The van der Waals surface area contributed by atoms with Crippen molar-refractivity contribution in [2.24, 2.45) is 11.3 Å². The van der Waals surface area contributed by atoms with Crippen LogP contribution in [0, 0.1) is 5.41 Å². The van der Waals surface area contributed by atoms with Crippen LogP contribution >= 0.6 is 23.2 Å². The Morgan fingerprint density at radius 3 is 2.74 bits per heavy atom. The lowest BCUT2D eigenvalue weighted by atomic mass is 9.92. The number of hydrogen-bond acceptors (Lipinski definition) is 2. The first-order valence-electron chi connectivity index (χ1n) is 5.80. The third-order valence-electron chi connectivity index (χ3n) is 3.11. The highest BCUT2D eigenvalue weighted by Gasteiger charge is 2.28. The molecule has 1 amide bonds. The third-order valence-corrected chi connectivity index (χ3v) is 3.65. The van der Waals surface area contributed by atoms with Gasteiger partial charge < -0.3 is 4.57 Å². The molecule has 6 heteroatoms. The molecule has 0 aliphatic carbocycles. The molecule has 4 nitrogen and oxygen atoms in total. The number of benzene rings is 1. The Bertz CT molecular complexity index is 634. The van der Waals surface area contributed by atoms with Crippen LogP contribution in [0.25, 0.3) is 10.9 Å². The van der Waals surface area contributed by atoms with Crippen molar-refractivity contribution in [2.75, 3.05) is 0 Å². The summed E-state index contributed by atoms with van der Waals surface area (Å²) in [5.41, 5.74) is 2.45. The van der Waals surface area contributed by atoms with Crippen molar-refractivity contribution < 1.29 is 4.79 Å². The molecule has 1 heterocycles. The monoisotopic (exact) mass is 299 g/mol. The first-order valence-corrected chi connectivity index (χ1v) is 6.55. The maximum atomic E-state index is 11.7. The molecular weight excluding hydrogens is 285 g/mol. The SMILES string of the molecule is CC(C)(Cn1ccc2c(Cl)cc(Cl)cc21)C(=O)NN. The zero-order valence-electron chi connectivity index (χ0n) is 10.7. The van der Waals surface area contributed by atoms with Gasteiger partial charge >= 0.3 is 0 Å². The van der Waals surface area contributed by atoms with Crippen LogP contribution in [-0.4, -0.2) is 10.5 Å². The van der Waals surface area contributed by atoms with Crippen LogP contribution in [0.15, 0.2) is 24.4 Å². The number of rotatable bonds is 3. The highest BCUT2D eigenvalue weighted by Crippen LogP contribution is 2.30. The zero-order valence-corrected chi connectivity index (χ0v) is 12.2. The summed E-state index contributed by atoms with van der Waals surface area (Å²) >= 11 is 12.2. The summed E-state index contributed by atoms with van der Waals surface area (Å²) in [6, 6.07) is 5.44. The minimum Gasteiger partial charge on any atom is -0.346 e. The summed E-state index contributed by atoms with van der Waals surface area (Å²) in [5, 5.41) is 2.08. The van der Waals surface area contributed by atoms with Crippen LogP contribution in [0.5, 0.6) is 0 Å². The van der Waals surface area contributed by atoms with Gasteiger partial charge in [0.25, 0.3) is 0 Å². The first-order chi connectivity index (χ1) is 8.85. The largest absolute Gasteiger partial charge is 0.346 e. The van der Waals surface area contributed by atoms with Gasteiger partial charge in [0, 0.05) is 23.2 Å². The van der Waals surface area contributed by atoms with Crippen LogP contribution in [0.4, 0.5) is 0 Å². The predicted octanol–water partition coefficient (Wildman–Crippen LogP) is 2.96. The number of hydrogen-bond donors (Lipinski definition) is 2. The van der Waals surface area contributed by atoms with Gasteiger partial charge in [-0.15, -0.1) is 0 Å². The summed E-state index contributed by atoms with van der Waals surface area (Å²) in [7, 11) is 0. The summed E-state index contributed by atoms with van der Waals surface area (Å²) < 4.78 is 1.95. The Kier molecular flexibility index (Phi) is 3.76. The second-order valence-electron chi connectivity index (χ2n) is 5.12. The molecule has 0 radical (unpaired) electrons. The highest BCUT2D eigenvalue weighted by molar-refractivity contribution is 6.38. The summed E-state index contributed by atoms with van der Waals surface area (Å²) in [6.45, 7) is 4.14. The first kappa shape index (κ1) is 14.2. The summed E-state index contributed by atoms with van der Waals surface area (Å²) in [4.78, 5) is 11.7. The van der Waals surface area contributed by atoms with E-state index in [-0.39, 0.29) is 5.91 Å². The van der Waals surface area contributed by atoms with Crippen LogP contribution in [-0.2, 0) is 11.3 Å². The Morgan fingerprint density at radius 1 is 1.42 bits per heavy atom. The molecule has 1 aromatic carbocycles. The van der Waals surface area contributed by atoms with E-state index in [1.807, 2.05) is 36.7 Å². The second-order valence-corrected chi connectivity index (χ2v) is 5.97. The Hall–Kier alpha value is -1.23. The zero-order chi connectivity index (χ0) is 14.2. The molecule has 0 fully saturated rings. The maximum absolute atomic E-state index is 11.7. The van der Waals surface area contributed by atoms with Gasteiger partial charge in [-0.05, 0) is 32.0 Å². The molecule has 0 spiro atoms. The topological polar surface area (TPSA) is 60.0 Å². The fourth-order valence-corrected chi connectivity index (χ4v) is 2.60. The van der Waals surface area contributed by atoms with Gasteiger partial charge in [-0.25, -0.2) is 5.84 Å². The van der Waals surface area contributed by atoms with Crippen molar-refractivity contribution in [3.8, 4) is 0 Å². The molecule has 0 atom stereocenters. The number of hydrazine groups is 1. The van der Waals surface area contributed by atoms with Gasteiger partial charge in [0.2, 0.25) is 5.91 Å². The predicted molar refractivity (Wildman–Crippen MR) is 78.1 cm³/mol. The van der Waals surface area contributed by atoms with Crippen molar-refractivity contribution in [1.29, 1.82) is 0 Å². The molecule has 3 N–H and O–H groups in total. The van der Waals surface area contributed by atoms with E-state index in [1.54, 1.807) is 6.07 Å². The molecule has 0 unspecified atom stereocenters. The quantitative estimate of drug-likeness (QED) is 0.520. The van der Waals surface area contributed by atoms with E-state index in [0.29, 0.717) is 16.6 Å². The van der Waals surface area contributed by atoms with E-state index in [0.717, 1.165) is 10.9 Å². The lowest BCUT2D eigenvalue weighted by Crippen LogP contribution is -2.43. The molecule has 2 aromatic rings. The van der Waals surface area contributed by atoms with Crippen molar-refractivity contribution in [3.63, 3.8) is 0 Å². The number of amides is 1. The van der Waals surface area contributed by atoms with Crippen molar-refractivity contribution in [3.05, 3.63) is 34.4 Å². The number of carbonyl (C=O) groups is 1. The van der Waals surface area contributed by atoms with Gasteiger partial charge in [0.1, 0.15) is 0 Å². The van der Waals surface area contributed by atoms with Crippen LogP contribution in [0.1, 0.15) is 13.8 Å². The summed E-state index contributed by atoms with van der Waals surface area (Å²) in [6.07, 6.45) is 1.89. The molecule has 0 aliphatic heterocycles. The van der Waals surface area contributed by atoms with Crippen LogP contribution < -0.4 is 11.3 Å². The van der Waals surface area contributed by atoms with Gasteiger partial charge in [0.15, 0.2) is 0 Å². The van der Waals surface area contributed by atoms with E-state index >= 15 is 0 Å². The number of nitrogens with one attached hydrogen (secondary N) is 1. The third kappa shape index (κ3) is 2.71. The molecule has 2 rings (SSSR count). The average molecular weight is 300 g/mol. The highest BCUT2D eigenvalue weighted by atomic mass is 35.5. The lowest BCUT2D eigenvalue weighted by Gasteiger charge is -2.23. The fourth-order valence-electron chi connectivity index (χ4n) is 2.05. The average Bonchev–Trinajstić information content (AvgIpc) is 2.71. The van der Waals surface area contributed by atoms with E-state index in [4.69, 9.17) is 29.0 Å². The normalized spacial score (nSPS) is 11.8. The van der Waals surface area contributed by atoms with Crippen LogP contribution in [0.2, 0.25) is 10.0 Å². The van der Waals surface area contributed by atoms with E-state index in [9.17, 15) is 4.79 Å². The number of nitrogens with two attached hydrogens (primary N) is 1. The van der Waals surface area contributed by atoms with E-state index in [2.05, 4.69) is 5.43 Å². The Labute approximate surface area is 121 Å². The van der Waals surface area contributed by atoms with E-state index in [1.165, 1.54) is 0 Å². The molecule has 0 bridgehead atoms. The molecule has 102 valence electrons. The molecule has 1 aromatic heterocycles. The van der Waals surface area contributed by atoms with Crippen molar-refractivity contribution in [2.45, 2.75) is 20.4 Å². The Balaban J connectivity index is 2.44. The molecule has 0 saturated carbocycles. The van der Waals surface area contributed by atoms with Gasteiger partial charge in [-0.3, -0.25) is 10.2 Å². The second kappa shape index (κ2) is 5.04. The molecule has 0 aliphatic rings. The Morgan fingerprint density at radius 2 is 2.11 bits per heavy atom. The maximum Gasteiger partial charge on any atom is 0.241 e. The van der Waals surface area contributed by atoms with Crippen molar-refractivity contribution in [1.82, 2.24) is 9.99 Å². The standard InChI is InChI=1S/C13H15Cl2N3O/c1-13(2,12(19)17-16)7-18-4-3-9-10(15)5-8(14)6-11(9)18/h3-6H,7,16H2,1-2H3,(H,17,19). The minimum absolute atomic E-state index is 0.220. The lowest BCUT2D eigenvalue weighted by molar-refractivity contribution is -0.130. The van der Waals surface area contributed by atoms with Crippen molar-refractivity contribution >= 4 is 40.0 Å². The molecular formula is C13H15Cl2N3O. The molecule has 0 saturated heterocycles. The number of aromatic nitrogens is 1. The number of nitrogens with zero attached hydrogens (tertiary/aromatic N) is 1. The smallest absolute Gasteiger partial charge is 0.241 e. The van der Waals surface area contributed by atoms with E-state index < -0.39 is 5.41 Å². The number of carbonyl (C=O) groups excluding carboxylic acids is 1. The van der Waals surface area contributed by atoms with Crippen LogP contribution in [0.3, 0.4) is 0 Å².